The van der Waals surface area contributed by atoms with Gasteiger partial charge in [-0.05, 0) is 17.3 Å². The van der Waals surface area contributed by atoms with E-state index in [1.54, 1.807) is 0 Å². The van der Waals surface area contributed by atoms with E-state index in [4.69, 9.17) is 0 Å². The molecule has 8 heteroatoms. The molecule has 0 aliphatic carbocycles. The molecule has 0 saturated heterocycles. The molecule has 0 N–H and O–H groups in total. The lowest BCUT2D eigenvalue weighted by molar-refractivity contribution is 0.487. The molecule has 1 aromatic rings. The van der Waals surface area contributed by atoms with E-state index in [0.717, 1.165) is 17.0 Å². The molecule has 2 aliphatic heterocycles. The van der Waals surface area contributed by atoms with Crippen molar-refractivity contribution in [3.05, 3.63) is 42.1 Å². The van der Waals surface area contributed by atoms with Gasteiger partial charge in [-0.15, -0.1) is 10.2 Å². The van der Waals surface area contributed by atoms with Crippen LogP contribution in [0.2, 0.25) is 0 Å². The van der Waals surface area contributed by atoms with E-state index in [-0.39, 0.29) is 11.5 Å². The van der Waals surface area contributed by atoms with Gasteiger partial charge in [0.25, 0.3) is 0 Å². The quantitative estimate of drug-likeness (QED) is 0.616. The van der Waals surface area contributed by atoms with Crippen LogP contribution in [0.15, 0.2) is 24.7 Å². The molecule has 0 bridgehead atoms. The average Bonchev–Trinajstić information content (AvgIpc) is 2.82. The molecule has 0 amide bonds. The fraction of sp³-hybridized carbons (Fsp3) is 0. The SMILES string of the molecule is Fc1ccc(F)c(-n2cnc3nnnc-3c2)c1F. The van der Waals surface area contributed by atoms with Crippen LogP contribution in [0.1, 0.15) is 0 Å². The van der Waals surface area contributed by atoms with Crippen molar-refractivity contribution >= 4 is 0 Å². The Labute approximate surface area is 98.3 Å². The van der Waals surface area contributed by atoms with Crippen LogP contribution >= 0.6 is 0 Å². The van der Waals surface area contributed by atoms with Gasteiger partial charge in [-0.2, -0.15) is 0 Å². The third kappa shape index (κ3) is 1.50. The average molecular weight is 251 g/mol. The Hall–Kier alpha value is -2.51. The predicted octanol–water partition coefficient (Wildman–Crippen LogP) is 1.58. The largest absolute Gasteiger partial charge is 0.300 e. The van der Waals surface area contributed by atoms with E-state index in [1.165, 1.54) is 6.20 Å². The van der Waals surface area contributed by atoms with Crippen LogP contribution in [0.25, 0.3) is 17.2 Å². The molecular formula is C10H4F3N5. The van der Waals surface area contributed by atoms with E-state index in [1.807, 2.05) is 0 Å². The van der Waals surface area contributed by atoms with Gasteiger partial charge in [0.2, 0.25) is 5.82 Å². The van der Waals surface area contributed by atoms with Crippen LogP contribution in [0.5, 0.6) is 0 Å². The molecule has 0 unspecified atom stereocenters. The maximum absolute atomic E-state index is 13.6. The number of hydrogen-bond donors (Lipinski definition) is 0. The number of aromatic nitrogens is 5. The molecule has 0 fully saturated rings. The molecule has 18 heavy (non-hydrogen) atoms. The molecule has 0 spiro atoms. The van der Waals surface area contributed by atoms with Crippen molar-refractivity contribution in [2.75, 3.05) is 0 Å². The van der Waals surface area contributed by atoms with Crippen molar-refractivity contribution in [2.45, 2.75) is 0 Å². The Morgan fingerprint density at radius 1 is 1.00 bits per heavy atom. The van der Waals surface area contributed by atoms with Crippen LogP contribution in [-0.4, -0.2) is 25.0 Å². The molecule has 0 saturated carbocycles. The summed E-state index contributed by atoms with van der Waals surface area (Å²) in [5.41, 5.74) is -0.312. The topological polar surface area (TPSA) is 56.5 Å². The monoisotopic (exact) mass is 251 g/mol. The second-order valence-electron chi connectivity index (χ2n) is 3.47. The summed E-state index contributed by atoms with van der Waals surface area (Å²) >= 11 is 0. The fourth-order valence-corrected chi connectivity index (χ4v) is 1.54. The molecule has 0 aromatic heterocycles. The minimum atomic E-state index is -1.30. The summed E-state index contributed by atoms with van der Waals surface area (Å²) in [5, 5.41) is 10.5. The maximum Gasteiger partial charge on any atom is 0.207 e. The summed E-state index contributed by atoms with van der Waals surface area (Å²) in [7, 11) is 0. The van der Waals surface area contributed by atoms with Crippen molar-refractivity contribution in [1.82, 2.24) is 25.0 Å². The van der Waals surface area contributed by atoms with Crippen molar-refractivity contribution in [2.24, 2.45) is 0 Å². The summed E-state index contributed by atoms with van der Waals surface area (Å²) in [6.45, 7) is 0. The van der Waals surface area contributed by atoms with Gasteiger partial charge in [0.05, 0.1) is 0 Å². The fourth-order valence-electron chi connectivity index (χ4n) is 1.54. The van der Waals surface area contributed by atoms with Gasteiger partial charge < -0.3 is 0 Å². The Kier molecular flexibility index (Phi) is 2.22. The minimum absolute atomic E-state index is 0.239. The van der Waals surface area contributed by atoms with Crippen molar-refractivity contribution in [3.8, 4) is 17.2 Å². The number of nitrogens with zero attached hydrogens (tertiary/aromatic N) is 5. The van der Waals surface area contributed by atoms with Crippen molar-refractivity contribution in [1.29, 1.82) is 0 Å². The van der Waals surface area contributed by atoms with E-state index >= 15 is 0 Å². The Morgan fingerprint density at radius 2 is 1.78 bits per heavy atom. The second kappa shape index (κ2) is 3.76. The zero-order valence-electron chi connectivity index (χ0n) is 8.68. The maximum atomic E-state index is 13.6. The van der Waals surface area contributed by atoms with Crippen LogP contribution in [0.3, 0.4) is 0 Å². The van der Waals surface area contributed by atoms with Crippen LogP contribution in [0, 0.1) is 17.5 Å². The number of rotatable bonds is 1. The Balaban J connectivity index is 2.27. The summed E-state index contributed by atoms with van der Waals surface area (Å²) in [6.07, 6.45) is 2.38. The highest BCUT2D eigenvalue weighted by Gasteiger charge is 2.17. The molecular weight excluding hydrogens is 247 g/mol. The molecule has 1 aromatic carbocycles. The Morgan fingerprint density at radius 3 is 2.61 bits per heavy atom. The summed E-state index contributed by atoms with van der Waals surface area (Å²) in [4.78, 5) is 3.80. The normalized spacial score (nSPS) is 11.1. The minimum Gasteiger partial charge on any atom is -0.300 e. The van der Waals surface area contributed by atoms with Gasteiger partial charge in [-0.25, -0.2) is 18.2 Å². The van der Waals surface area contributed by atoms with Gasteiger partial charge >= 0.3 is 0 Å². The second-order valence-corrected chi connectivity index (χ2v) is 3.47. The Bertz CT molecular complexity index is 696. The lowest BCUT2D eigenvalue weighted by Gasteiger charge is -2.09. The molecule has 2 aliphatic rings. The number of benzene rings is 1. The van der Waals surface area contributed by atoms with Crippen LogP contribution < -0.4 is 0 Å². The smallest absolute Gasteiger partial charge is 0.207 e. The van der Waals surface area contributed by atoms with E-state index in [9.17, 15) is 13.2 Å². The van der Waals surface area contributed by atoms with Crippen LogP contribution in [-0.2, 0) is 0 Å². The third-order valence-electron chi connectivity index (χ3n) is 2.36. The highest BCUT2D eigenvalue weighted by atomic mass is 19.2. The first kappa shape index (κ1) is 10.6. The first-order valence-electron chi connectivity index (χ1n) is 4.84. The first-order chi connectivity index (χ1) is 8.66. The summed E-state index contributed by atoms with van der Waals surface area (Å²) in [5.74, 6) is -3.12. The van der Waals surface area contributed by atoms with Gasteiger partial charge in [0, 0.05) is 6.20 Å². The zero-order valence-corrected chi connectivity index (χ0v) is 8.68. The zero-order chi connectivity index (χ0) is 12.7. The molecule has 0 radical (unpaired) electrons. The molecule has 3 rings (SSSR count). The van der Waals surface area contributed by atoms with Gasteiger partial charge in [0.15, 0.2) is 17.3 Å². The molecule has 5 nitrogen and oxygen atoms in total. The van der Waals surface area contributed by atoms with Crippen LogP contribution in [0.4, 0.5) is 13.2 Å². The summed E-state index contributed by atoms with van der Waals surface area (Å²) < 4.78 is 41.2. The summed E-state index contributed by atoms with van der Waals surface area (Å²) in [6, 6.07) is 1.55. The molecule has 2 heterocycles. The van der Waals surface area contributed by atoms with Crippen molar-refractivity contribution in [3.63, 3.8) is 0 Å². The van der Waals surface area contributed by atoms with E-state index < -0.39 is 23.1 Å². The lowest BCUT2D eigenvalue weighted by atomic mass is 10.2. The van der Waals surface area contributed by atoms with Crippen molar-refractivity contribution < 1.29 is 13.2 Å². The number of fused-ring (bicyclic) bond motifs is 1. The highest BCUT2D eigenvalue weighted by molar-refractivity contribution is 5.48. The highest BCUT2D eigenvalue weighted by Crippen LogP contribution is 2.21. The van der Waals surface area contributed by atoms with E-state index in [2.05, 4.69) is 20.4 Å². The number of hydrogen-bond acceptors (Lipinski definition) is 4. The van der Waals surface area contributed by atoms with Gasteiger partial charge in [0.1, 0.15) is 17.8 Å². The predicted molar refractivity (Wildman–Crippen MR) is 53.4 cm³/mol. The molecule has 0 atom stereocenters. The van der Waals surface area contributed by atoms with Gasteiger partial charge in [-0.3, -0.25) is 4.57 Å². The van der Waals surface area contributed by atoms with Gasteiger partial charge in [-0.1, -0.05) is 0 Å². The third-order valence-corrected chi connectivity index (χ3v) is 2.36. The number of halogens is 3. The van der Waals surface area contributed by atoms with E-state index in [0.29, 0.717) is 6.07 Å². The first-order valence-corrected chi connectivity index (χ1v) is 4.84. The molecule has 90 valence electrons. The lowest BCUT2D eigenvalue weighted by Crippen LogP contribution is -2.06. The standard InChI is InChI=1S/C10H4F3N5/c11-5-1-2-6(12)9(8(5)13)18-3-7-10(14-4-18)16-17-15-7/h1-4H.